The molecule has 0 fully saturated rings. The maximum absolute atomic E-state index is 12.7. The van der Waals surface area contributed by atoms with Crippen molar-refractivity contribution in [1.29, 1.82) is 0 Å². The summed E-state index contributed by atoms with van der Waals surface area (Å²) >= 11 is 0. The van der Waals surface area contributed by atoms with Crippen LogP contribution in [0, 0.1) is 6.92 Å². The Morgan fingerprint density at radius 1 is 1.03 bits per heavy atom. The molecular weight excluding hydrogens is 396 g/mol. The third kappa shape index (κ3) is 4.40. The van der Waals surface area contributed by atoms with E-state index in [1.807, 2.05) is 31.2 Å². The van der Waals surface area contributed by atoms with Gasteiger partial charge in [0.25, 0.3) is 5.56 Å². The van der Waals surface area contributed by atoms with Gasteiger partial charge in [0.1, 0.15) is 12.9 Å². The van der Waals surface area contributed by atoms with E-state index in [9.17, 15) is 14.4 Å². The van der Waals surface area contributed by atoms with Gasteiger partial charge in [-0.2, -0.15) is 0 Å². The first kappa shape index (κ1) is 20.1. The molecule has 1 N–H and O–H groups in total. The predicted octanol–water partition coefficient (Wildman–Crippen LogP) is 2.19. The number of anilines is 1. The second-order valence-corrected chi connectivity index (χ2v) is 7.26. The van der Waals surface area contributed by atoms with Crippen LogP contribution in [0.4, 0.5) is 5.69 Å². The van der Waals surface area contributed by atoms with Crippen LogP contribution in [0.25, 0.3) is 11.2 Å². The average Bonchev–Trinajstić information content (AvgIpc) is 3.15. The summed E-state index contributed by atoms with van der Waals surface area (Å²) in [5.41, 5.74) is 3.27. The highest BCUT2D eigenvalue weighted by Crippen LogP contribution is 2.11. The second kappa shape index (κ2) is 8.31. The molecule has 0 atom stereocenters. The SMILES string of the molecule is CC(=O)c1ccc(NC(=O)Cn2cnc3c(nnn3Cc3ccc(C)cc3)c2=O)cc1. The van der Waals surface area contributed by atoms with Gasteiger partial charge in [-0.25, -0.2) is 9.67 Å². The van der Waals surface area contributed by atoms with Crippen molar-refractivity contribution >= 4 is 28.5 Å². The highest BCUT2D eigenvalue weighted by atomic mass is 16.2. The smallest absolute Gasteiger partial charge is 0.283 e. The van der Waals surface area contributed by atoms with Crippen molar-refractivity contribution in [3.05, 3.63) is 81.9 Å². The monoisotopic (exact) mass is 416 g/mol. The molecule has 9 heteroatoms. The zero-order chi connectivity index (χ0) is 22.0. The first-order valence-electron chi connectivity index (χ1n) is 9.66. The molecule has 2 aromatic heterocycles. The molecule has 0 unspecified atom stereocenters. The van der Waals surface area contributed by atoms with Gasteiger partial charge < -0.3 is 5.32 Å². The fraction of sp³-hybridized carbons (Fsp3) is 0.182. The number of fused-ring (bicyclic) bond motifs is 1. The largest absolute Gasteiger partial charge is 0.325 e. The van der Waals surface area contributed by atoms with E-state index < -0.39 is 11.5 Å². The van der Waals surface area contributed by atoms with Crippen molar-refractivity contribution in [2.75, 3.05) is 5.32 Å². The van der Waals surface area contributed by atoms with Crippen molar-refractivity contribution in [3.8, 4) is 0 Å². The topological polar surface area (TPSA) is 112 Å². The molecule has 0 bridgehead atoms. The molecule has 0 saturated carbocycles. The van der Waals surface area contributed by atoms with E-state index in [-0.39, 0.29) is 17.8 Å². The number of aryl methyl sites for hydroxylation is 1. The number of hydrogen-bond donors (Lipinski definition) is 1. The lowest BCUT2D eigenvalue weighted by Crippen LogP contribution is -2.28. The van der Waals surface area contributed by atoms with E-state index in [1.54, 1.807) is 28.9 Å². The molecule has 0 aliphatic heterocycles. The minimum Gasteiger partial charge on any atom is -0.325 e. The zero-order valence-corrected chi connectivity index (χ0v) is 17.1. The van der Waals surface area contributed by atoms with Crippen LogP contribution in [0.1, 0.15) is 28.4 Å². The van der Waals surface area contributed by atoms with Gasteiger partial charge in [-0.15, -0.1) is 5.10 Å². The van der Waals surface area contributed by atoms with Crippen molar-refractivity contribution < 1.29 is 9.59 Å². The van der Waals surface area contributed by atoms with Gasteiger partial charge in [0.2, 0.25) is 5.91 Å². The Kier molecular flexibility index (Phi) is 5.40. The van der Waals surface area contributed by atoms with E-state index in [1.165, 1.54) is 17.8 Å². The Balaban J connectivity index is 1.50. The number of ketones is 1. The van der Waals surface area contributed by atoms with Crippen LogP contribution in [-0.2, 0) is 17.9 Å². The van der Waals surface area contributed by atoms with Crippen LogP contribution >= 0.6 is 0 Å². The highest BCUT2D eigenvalue weighted by Gasteiger charge is 2.14. The highest BCUT2D eigenvalue weighted by molar-refractivity contribution is 5.95. The molecule has 0 aliphatic rings. The third-order valence-corrected chi connectivity index (χ3v) is 4.83. The minimum atomic E-state index is -0.442. The van der Waals surface area contributed by atoms with Crippen molar-refractivity contribution in [2.45, 2.75) is 26.9 Å². The number of amides is 1. The van der Waals surface area contributed by atoms with Crippen LogP contribution in [0.15, 0.2) is 59.7 Å². The molecular formula is C22H20N6O3. The molecule has 4 aromatic rings. The van der Waals surface area contributed by atoms with Gasteiger partial charge in [0.15, 0.2) is 16.9 Å². The van der Waals surface area contributed by atoms with E-state index in [4.69, 9.17) is 0 Å². The first-order valence-corrected chi connectivity index (χ1v) is 9.66. The Bertz CT molecular complexity index is 1320. The quantitative estimate of drug-likeness (QED) is 0.482. The Morgan fingerprint density at radius 2 is 1.74 bits per heavy atom. The number of benzene rings is 2. The van der Waals surface area contributed by atoms with E-state index in [2.05, 4.69) is 20.6 Å². The van der Waals surface area contributed by atoms with Crippen LogP contribution in [0.3, 0.4) is 0 Å². The van der Waals surface area contributed by atoms with E-state index >= 15 is 0 Å². The van der Waals surface area contributed by atoms with Gasteiger partial charge in [-0.05, 0) is 43.7 Å². The fourth-order valence-corrected chi connectivity index (χ4v) is 3.12. The van der Waals surface area contributed by atoms with Gasteiger partial charge in [0, 0.05) is 11.3 Å². The number of nitrogens with one attached hydrogen (secondary N) is 1. The fourth-order valence-electron chi connectivity index (χ4n) is 3.12. The first-order chi connectivity index (χ1) is 14.9. The number of Topliss-reactive ketones (excluding diaryl/α,β-unsaturated/α-hetero) is 1. The minimum absolute atomic E-state index is 0.0563. The zero-order valence-electron chi connectivity index (χ0n) is 17.1. The standard InChI is InChI=1S/C22H20N6O3/c1-14-3-5-16(6-4-14)11-28-21-20(25-26-28)22(31)27(13-23-21)12-19(30)24-18-9-7-17(8-10-18)15(2)29/h3-10,13H,11-12H2,1-2H3,(H,24,30). The maximum atomic E-state index is 12.7. The molecule has 0 aliphatic carbocycles. The summed E-state index contributed by atoms with van der Waals surface area (Å²) in [5, 5.41) is 10.7. The molecule has 31 heavy (non-hydrogen) atoms. The van der Waals surface area contributed by atoms with Gasteiger partial charge >= 0.3 is 0 Å². The lowest BCUT2D eigenvalue weighted by atomic mass is 10.1. The van der Waals surface area contributed by atoms with Crippen LogP contribution in [-0.4, -0.2) is 36.2 Å². The second-order valence-electron chi connectivity index (χ2n) is 7.26. The summed E-state index contributed by atoms with van der Waals surface area (Å²) in [7, 11) is 0. The van der Waals surface area contributed by atoms with Crippen LogP contribution < -0.4 is 10.9 Å². The summed E-state index contributed by atoms with van der Waals surface area (Å²) in [5.74, 6) is -0.454. The molecule has 1 amide bonds. The number of carbonyl (C=O) groups is 2. The summed E-state index contributed by atoms with van der Waals surface area (Å²) in [6.45, 7) is 3.70. The van der Waals surface area contributed by atoms with E-state index in [0.29, 0.717) is 23.4 Å². The van der Waals surface area contributed by atoms with Gasteiger partial charge in [-0.3, -0.25) is 19.0 Å². The normalized spacial score (nSPS) is 10.9. The molecule has 0 radical (unpaired) electrons. The van der Waals surface area contributed by atoms with Crippen molar-refractivity contribution in [1.82, 2.24) is 24.5 Å². The number of nitrogens with zero attached hydrogens (tertiary/aromatic N) is 5. The Hall–Kier alpha value is -4.14. The lowest BCUT2D eigenvalue weighted by molar-refractivity contribution is -0.116. The number of aromatic nitrogens is 5. The number of carbonyl (C=O) groups excluding carboxylic acids is 2. The maximum Gasteiger partial charge on any atom is 0.283 e. The lowest BCUT2D eigenvalue weighted by Gasteiger charge is -2.08. The van der Waals surface area contributed by atoms with Crippen LogP contribution in [0.5, 0.6) is 0 Å². The average molecular weight is 416 g/mol. The Labute approximate surface area is 177 Å². The van der Waals surface area contributed by atoms with Gasteiger partial charge in [0.05, 0.1) is 6.54 Å². The molecule has 0 spiro atoms. The number of hydrogen-bond acceptors (Lipinski definition) is 6. The van der Waals surface area contributed by atoms with Gasteiger partial charge in [-0.1, -0.05) is 35.0 Å². The van der Waals surface area contributed by atoms with Crippen molar-refractivity contribution in [3.63, 3.8) is 0 Å². The molecule has 9 nitrogen and oxygen atoms in total. The van der Waals surface area contributed by atoms with Crippen molar-refractivity contribution in [2.24, 2.45) is 0 Å². The molecule has 2 aromatic carbocycles. The third-order valence-electron chi connectivity index (χ3n) is 4.83. The Morgan fingerprint density at radius 3 is 2.42 bits per heavy atom. The summed E-state index contributed by atoms with van der Waals surface area (Å²) in [4.78, 5) is 40.7. The predicted molar refractivity (Wildman–Crippen MR) is 115 cm³/mol. The molecule has 4 rings (SSSR count). The number of rotatable bonds is 6. The molecule has 156 valence electrons. The molecule has 2 heterocycles. The molecule has 0 saturated heterocycles. The van der Waals surface area contributed by atoms with Crippen LogP contribution in [0.2, 0.25) is 0 Å². The summed E-state index contributed by atoms with van der Waals surface area (Å²) < 4.78 is 2.74. The summed E-state index contributed by atoms with van der Waals surface area (Å²) in [6, 6.07) is 14.5. The van der Waals surface area contributed by atoms with E-state index in [0.717, 1.165) is 11.1 Å². The summed E-state index contributed by atoms with van der Waals surface area (Å²) in [6.07, 6.45) is 1.32.